The highest BCUT2D eigenvalue weighted by Gasteiger charge is 2.29. The van der Waals surface area contributed by atoms with Gasteiger partial charge in [0.15, 0.2) is 11.9 Å². The molecule has 25 heavy (non-hydrogen) atoms. The Bertz CT molecular complexity index is 995. The SMILES string of the molecule is C[C@@H]1Oc2ccc(C(=O)Cn3nnc4ccccc43)cc2N(C)C1=O. The van der Waals surface area contributed by atoms with Gasteiger partial charge in [-0.2, -0.15) is 0 Å². The van der Waals surface area contributed by atoms with Gasteiger partial charge in [-0.25, -0.2) is 4.68 Å². The van der Waals surface area contributed by atoms with Crippen molar-refractivity contribution in [2.24, 2.45) is 0 Å². The molecule has 2 heterocycles. The highest BCUT2D eigenvalue weighted by atomic mass is 16.5. The Kier molecular flexibility index (Phi) is 3.49. The van der Waals surface area contributed by atoms with Crippen molar-refractivity contribution >= 4 is 28.4 Å². The number of carbonyl (C=O) groups is 2. The van der Waals surface area contributed by atoms with Gasteiger partial charge < -0.3 is 9.64 Å². The molecule has 0 fully saturated rings. The molecule has 0 radical (unpaired) electrons. The lowest BCUT2D eigenvalue weighted by atomic mass is 10.1. The molecule has 1 aliphatic heterocycles. The van der Waals surface area contributed by atoms with E-state index >= 15 is 0 Å². The summed E-state index contributed by atoms with van der Waals surface area (Å²) in [6.07, 6.45) is -0.527. The van der Waals surface area contributed by atoms with Crippen LogP contribution in [0.3, 0.4) is 0 Å². The minimum atomic E-state index is -0.527. The van der Waals surface area contributed by atoms with Crippen LogP contribution in [0, 0.1) is 0 Å². The second-order valence-corrected chi connectivity index (χ2v) is 6.00. The van der Waals surface area contributed by atoms with E-state index in [1.54, 1.807) is 36.9 Å². The molecule has 0 unspecified atom stereocenters. The number of ether oxygens (including phenoxy) is 1. The molecule has 0 aliphatic carbocycles. The summed E-state index contributed by atoms with van der Waals surface area (Å²) in [6, 6.07) is 12.6. The van der Waals surface area contributed by atoms with Gasteiger partial charge in [0.1, 0.15) is 17.8 Å². The lowest BCUT2D eigenvalue weighted by molar-refractivity contribution is -0.125. The van der Waals surface area contributed by atoms with Crippen molar-refractivity contribution in [1.29, 1.82) is 0 Å². The average Bonchev–Trinajstić information content (AvgIpc) is 3.03. The molecule has 7 nitrogen and oxygen atoms in total. The zero-order chi connectivity index (χ0) is 17.6. The molecule has 1 atom stereocenters. The van der Waals surface area contributed by atoms with E-state index in [1.807, 2.05) is 24.3 Å². The van der Waals surface area contributed by atoms with E-state index in [0.717, 1.165) is 11.0 Å². The smallest absolute Gasteiger partial charge is 0.267 e. The Labute approximate surface area is 143 Å². The van der Waals surface area contributed by atoms with Gasteiger partial charge in [-0.05, 0) is 37.3 Å². The summed E-state index contributed by atoms with van der Waals surface area (Å²) in [6.45, 7) is 1.78. The van der Waals surface area contributed by atoms with E-state index in [4.69, 9.17) is 4.74 Å². The van der Waals surface area contributed by atoms with Crippen LogP contribution in [0.5, 0.6) is 5.75 Å². The first-order valence-electron chi connectivity index (χ1n) is 7.94. The standard InChI is InChI=1S/C18H16N4O3/c1-11-18(24)21(2)15-9-12(7-8-17(15)25-11)16(23)10-22-14-6-4-3-5-13(14)19-20-22/h3-9,11H,10H2,1-2H3/t11-/m0/s1. The lowest BCUT2D eigenvalue weighted by Gasteiger charge is -2.30. The molecule has 0 bridgehead atoms. The van der Waals surface area contributed by atoms with E-state index in [-0.39, 0.29) is 18.2 Å². The lowest BCUT2D eigenvalue weighted by Crippen LogP contribution is -2.42. The summed E-state index contributed by atoms with van der Waals surface area (Å²) in [5.74, 6) is 0.342. The number of hydrogen-bond donors (Lipinski definition) is 0. The fraction of sp³-hybridized carbons (Fsp3) is 0.222. The second-order valence-electron chi connectivity index (χ2n) is 6.00. The van der Waals surface area contributed by atoms with Gasteiger partial charge >= 0.3 is 0 Å². The maximum atomic E-state index is 12.7. The molecule has 0 saturated heterocycles. The van der Waals surface area contributed by atoms with E-state index in [0.29, 0.717) is 17.0 Å². The third-order valence-corrected chi connectivity index (χ3v) is 4.34. The van der Waals surface area contributed by atoms with Crippen molar-refractivity contribution in [3.05, 3.63) is 48.0 Å². The molecule has 1 aliphatic rings. The molecule has 1 amide bonds. The number of rotatable bonds is 3. The van der Waals surface area contributed by atoms with Crippen molar-refractivity contribution in [3.8, 4) is 5.75 Å². The van der Waals surface area contributed by atoms with Crippen LogP contribution in [0.25, 0.3) is 11.0 Å². The number of carbonyl (C=O) groups excluding carboxylic acids is 2. The quantitative estimate of drug-likeness (QED) is 0.684. The second kappa shape index (κ2) is 5.70. The molecule has 2 aromatic carbocycles. The highest BCUT2D eigenvalue weighted by Crippen LogP contribution is 2.34. The largest absolute Gasteiger partial charge is 0.479 e. The van der Waals surface area contributed by atoms with Crippen LogP contribution in [0.15, 0.2) is 42.5 Å². The molecular formula is C18H16N4O3. The van der Waals surface area contributed by atoms with Gasteiger partial charge in [-0.1, -0.05) is 17.3 Å². The number of amides is 1. The molecule has 3 aromatic rings. The molecule has 0 N–H and O–H groups in total. The number of fused-ring (bicyclic) bond motifs is 2. The van der Waals surface area contributed by atoms with Gasteiger partial charge in [-0.3, -0.25) is 9.59 Å². The normalized spacial score (nSPS) is 16.6. The molecule has 7 heteroatoms. The Hall–Kier alpha value is -3.22. The van der Waals surface area contributed by atoms with Gasteiger partial charge in [0.25, 0.3) is 5.91 Å². The summed E-state index contributed by atoms with van der Waals surface area (Å²) < 4.78 is 7.16. The molecule has 0 spiro atoms. The number of benzene rings is 2. The Morgan fingerprint density at radius 3 is 2.88 bits per heavy atom. The monoisotopic (exact) mass is 336 g/mol. The van der Waals surface area contributed by atoms with Crippen LogP contribution >= 0.6 is 0 Å². The van der Waals surface area contributed by atoms with Gasteiger partial charge in [-0.15, -0.1) is 5.10 Å². The third kappa shape index (κ3) is 2.53. The van der Waals surface area contributed by atoms with Gasteiger partial charge in [0, 0.05) is 12.6 Å². The van der Waals surface area contributed by atoms with E-state index in [1.165, 1.54) is 4.90 Å². The van der Waals surface area contributed by atoms with Crippen LogP contribution in [0.4, 0.5) is 5.69 Å². The molecular weight excluding hydrogens is 320 g/mol. The minimum absolute atomic E-state index is 0.0776. The summed E-state index contributed by atoms with van der Waals surface area (Å²) >= 11 is 0. The maximum absolute atomic E-state index is 12.7. The fourth-order valence-electron chi connectivity index (χ4n) is 2.95. The van der Waals surface area contributed by atoms with Crippen molar-refractivity contribution in [3.63, 3.8) is 0 Å². The van der Waals surface area contributed by atoms with E-state index in [2.05, 4.69) is 10.3 Å². The first-order chi connectivity index (χ1) is 12.0. The minimum Gasteiger partial charge on any atom is -0.479 e. The number of nitrogens with zero attached hydrogens (tertiary/aromatic N) is 4. The van der Waals surface area contributed by atoms with Crippen LogP contribution in [0.1, 0.15) is 17.3 Å². The maximum Gasteiger partial charge on any atom is 0.267 e. The predicted molar refractivity (Wildman–Crippen MR) is 91.8 cm³/mol. The van der Waals surface area contributed by atoms with Crippen LogP contribution < -0.4 is 9.64 Å². The Morgan fingerprint density at radius 1 is 1.24 bits per heavy atom. The third-order valence-electron chi connectivity index (χ3n) is 4.34. The van der Waals surface area contributed by atoms with E-state index < -0.39 is 6.10 Å². The fourth-order valence-corrected chi connectivity index (χ4v) is 2.95. The van der Waals surface area contributed by atoms with Crippen molar-refractivity contribution in [2.45, 2.75) is 19.6 Å². The van der Waals surface area contributed by atoms with Crippen LogP contribution in [-0.4, -0.2) is 39.8 Å². The van der Waals surface area contributed by atoms with Crippen molar-refractivity contribution < 1.29 is 14.3 Å². The molecule has 0 saturated carbocycles. The first-order valence-corrected chi connectivity index (χ1v) is 7.94. The number of para-hydroxylation sites is 1. The summed E-state index contributed by atoms with van der Waals surface area (Å²) in [5, 5.41) is 8.10. The average molecular weight is 336 g/mol. The Morgan fingerprint density at radius 2 is 2.04 bits per heavy atom. The highest BCUT2D eigenvalue weighted by molar-refractivity contribution is 6.02. The summed E-state index contributed by atoms with van der Waals surface area (Å²) in [7, 11) is 1.68. The van der Waals surface area contributed by atoms with Crippen LogP contribution in [-0.2, 0) is 11.3 Å². The first kappa shape index (κ1) is 15.3. The summed E-state index contributed by atoms with van der Waals surface area (Å²) in [5.41, 5.74) is 2.64. The molecule has 126 valence electrons. The van der Waals surface area contributed by atoms with Crippen molar-refractivity contribution in [1.82, 2.24) is 15.0 Å². The van der Waals surface area contributed by atoms with Gasteiger partial charge in [0.05, 0.1) is 11.2 Å². The number of Topliss-reactive ketones (excluding diaryl/α,β-unsaturated/α-hetero) is 1. The summed E-state index contributed by atoms with van der Waals surface area (Å²) in [4.78, 5) is 26.2. The topological polar surface area (TPSA) is 77.3 Å². The molecule has 1 aromatic heterocycles. The van der Waals surface area contributed by atoms with E-state index in [9.17, 15) is 9.59 Å². The zero-order valence-corrected chi connectivity index (χ0v) is 13.8. The van der Waals surface area contributed by atoms with Crippen molar-refractivity contribution in [2.75, 3.05) is 11.9 Å². The zero-order valence-electron chi connectivity index (χ0n) is 13.8. The Balaban J connectivity index is 1.64. The predicted octanol–water partition coefficient (Wildman–Crippen LogP) is 2.06. The number of ketones is 1. The number of anilines is 1. The van der Waals surface area contributed by atoms with Gasteiger partial charge in [0.2, 0.25) is 0 Å². The van der Waals surface area contributed by atoms with Crippen LogP contribution in [0.2, 0.25) is 0 Å². The number of hydrogen-bond acceptors (Lipinski definition) is 5. The molecule has 4 rings (SSSR count). The number of likely N-dealkylation sites (N-methyl/N-ethyl adjacent to an activating group) is 1. The number of aromatic nitrogens is 3.